The third kappa shape index (κ3) is 4.79. The van der Waals surface area contributed by atoms with E-state index in [1.54, 1.807) is 11.5 Å². The van der Waals surface area contributed by atoms with Crippen LogP contribution in [0.15, 0.2) is 11.6 Å². The molecule has 0 aliphatic carbocycles. The summed E-state index contributed by atoms with van der Waals surface area (Å²) in [5.41, 5.74) is 1.84. The van der Waals surface area contributed by atoms with Gasteiger partial charge in [0.2, 0.25) is 0 Å². The van der Waals surface area contributed by atoms with Crippen molar-refractivity contribution in [2.24, 2.45) is 0 Å². The summed E-state index contributed by atoms with van der Waals surface area (Å²) < 4.78 is 4.28. The summed E-state index contributed by atoms with van der Waals surface area (Å²) in [4.78, 5) is 0. The predicted molar refractivity (Wildman–Crippen MR) is 77.8 cm³/mol. The number of hydrogen-bond acceptors (Lipinski definition) is 2. The highest BCUT2D eigenvalue weighted by atomic mass is 32.1. The van der Waals surface area contributed by atoms with E-state index < -0.39 is 0 Å². The molecule has 0 saturated heterocycles. The molecule has 17 heavy (non-hydrogen) atoms. The van der Waals surface area contributed by atoms with Gasteiger partial charge < -0.3 is 0 Å². The van der Waals surface area contributed by atoms with Crippen LogP contribution >= 0.6 is 11.5 Å². The Morgan fingerprint density at radius 1 is 1.06 bits per heavy atom. The monoisotopic (exact) mass is 253 g/mol. The first kappa shape index (κ1) is 14.7. The Morgan fingerprint density at radius 3 is 2.35 bits per heavy atom. The van der Waals surface area contributed by atoms with Crippen LogP contribution in [0.2, 0.25) is 0 Å². The van der Waals surface area contributed by atoms with E-state index in [0.717, 1.165) is 0 Å². The molecule has 1 unspecified atom stereocenters. The van der Waals surface area contributed by atoms with Crippen molar-refractivity contribution < 1.29 is 0 Å². The second kappa shape index (κ2) is 7.86. The van der Waals surface area contributed by atoms with Crippen LogP contribution in [0.5, 0.6) is 0 Å². The molecular weight excluding hydrogens is 226 g/mol. The van der Waals surface area contributed by atoms with Crippen molar-refractivity contribution in [3.63, 3.8) is 0 Å². The molecule has 0 bridgehead atoms. The zero-order valence-corrected chi connectivity index (χ0v) is 12.5. The molecule has 0 fully saturated rings. The van der Waals surface area contributed by atoms with E-state index in [1.165, 1.54) is 56.9 Å². The fourth-order valence-electron chi connectivity index (χ4n) is 2.43. The Balaban J connectivity index is 2.53. The molecule has 0 aromatic carbocycles. The SMILES string of the molecule is CCCCCCC(C)(CCCC)c1cnsc1. The summed E-state index contributed by atoms with van der Waals surface area (Å²) in [6, 6.07) is 0. The van der Waals surface area contributed by atoms with Gasteiger partial charge in [-0.15, -0.1) is 0 Å². The average Bonchev–Trinajstić information content (AvgIpc) is 2.86. The lowest BCUT2D eigenvalue weighted by Gasteiger charge is -2.29. The quantitative estimate of drug-likeness (QED) is 0.525. The molecule has 0 spiro atoms. The number of aromatic nitrogens is 1. The fraction of sp³-hybridized carbons (Fsp3) is 0.800. The maximum Gasteiger partial charge on any atom is 0.0444 e. The second-order valence-corrected chi connectivity index (χ2v) is 6.05. The molecule has 0 N–H and O–H groups in total. The molecule has 98 valence electrons. The molecule has 0 aliphatic rings. The van der Waals surface area contributed by atoms with E-state index in [0.29, 0.717) is 5.41 Å². The summed E-state index contributed by atoms with van der Waals surface area (Å²) in [7, 11) is 0. The van der Waals surface area contributed by atoms with Gasteiger partial charge in [-0.1, -0.05) is 59.3 Å². The maximum absolute atomic E-state index is 4.28. The molecule has 1 atom stereocenters. The van der Waals surface area contributed by atoms with Crippen molar-refractivity contribution in [2.45, 2.75) is 77.6 Å². The van der Waals surface area contributed by atoms with Gasteiger partial charge in [-0.25, -0.2) is 4.37 Å². The van der Waals surface area contributed by atoms with E-state index in [9.17, 15) is 0 Å². The molecule has 1 aromatic rings. The molecule has 0 amide bonds. The Bertz CT molecular complexity index is 281. The van der Waals surface area contributed by atoms with Gasteiger partial charge in [0.1, 0.15) is 0 Å². The molecule has 1 aromatic heterocycles. The minimum absolute atomic E-state index is 0.372. The van der Waals surface area contributed by atoms with Gasteiger partial charge in [0.05, 0.1) is 0 Å². The van der Waals surface area contributed by atoms with Crippen molar-refractivity contribution >= 4 is 11.5 Å². The van der Waals surface area contributed by atoms with Crippen LogP contribution in [0.25, 0.3) is 0 Å². The summed E-state index contributed by atoms with van der Waals surface area (Å²) >= 11 is 1.59. The van der Waals surface area contributed by atoms with Crippen molar-refractivity contribution in [1.82, 2.24) is 4.37 Å². The number of rotatable bonds is 9. The standard InChI is InChI=1S/C15H27NS/c1-4-6-8-9-11-15(3,10-7-5-2)14-12-16-17-13-14/h12-13H,4-11H2,1-3H3. The smallest absolute Gasteiger partial charge is 0.0444 e. The largest absolute Gasteiger partial charge is 0.201 e. The minimum atomic E-state index is 0.372. The van der Waals surface area contributed by atoms with E-state index >= 15 is 0 Å². The lowest BCUT2D eigenvalue weighted by atomic mass is 9.76. The highest BCUT2D eigenvalue weighted by Gasteiger charge is 2.26. The lowest BCUT2D eigenvalue weighted by Crippen LogP contribution is -2.21. The van der Waals surface area contributed by atoms with Gasteiger partial charge in [-0.05, 0) is 35.4 Å². The van der Waals surface area contributed by atoms with Crippen LogP contribution in [0.1, 0.15) is 77.7 Å². The van der Waals surface area contributed by atoms with Crippen LogP contribution in [-0.2, 0) is 5.41 Å². The van der Waals surface area contributed by atoms with Gasteiger partial charge in [0.15, 0.2) is 0 Å². The Kier molecular flexibility index (Phi) is 6.79. The average molecular weight is 253 g/mol. The van der Waals surface area contributed by atoms with Gasteiger partial charge in [0, 0.05) is 11.6 Å². The first-order valence-electron chi connectivity index (χ1n) is 7.13. The van der Waals surface area contributed by atoms with E-state index in [1.807, 2.05) is 0 Å². The van der Waals surface area contributed by atoms with Crippen molar-refractivity contribution in [1.29, 1.82) is 0 Å². The Labute approximate surface area is 111 Å². The number of nitrogens with zero attached hydrogens (tertiary/aromatic N) is 1. The summed E-state index contributed by atoms with van der Waals surface area (Å²) in [5.74, 6) is 0. The van der Waals surface area contributed by atoms with Crippen molar-refractivity contribution in [2.75, 3.05) is 0 Å². The molecular formula is C15H27NS. The third-order valence-corrected chi connectivity index (χ3v) is 4.38. The molecule has 2 heteroatoms. The summed E-state index contributed by atoms with van der Waals surface area (Å²) in [5, 5.41) is 2.25. The minimum Gasteiger partial charge on any atom is -0.201 e. The van der Waals surface area contributed by atoms with E-state index in [2.05, 4.69) is 36.7 Å². The predicted octanol–water partition coefficient (Wildman–Crippen LogP) is 5.56. The molecule has 1 nitrogen and oxygen atoms in total. The van der Waals surface area contributed by atoms with E-state index in [4.69, 9.17) is 0 Å². The highest BCUT2D eigenvalue weighted by Crippen LogP contribution is 2.35. The first-order chi connectivity index (χ1) is 8.23. The highest BCUT2D eigenvalue weighted by molar-refractivity contribution is 7.03. The molecule has 1 rings (SSSR count). The fourth-order valence-corrected chi connectivity index (χ4v) is 3.12. The van der Waals surface area contributed by atoms with Crippen LogP contribution in [-0.4, -0.2) is 4.37 Å². The molecule has 0 radical (unpaired) electrons. The maximum atomic E-state index is 4.28. The topological polar surface area (TPSA) is 12.9 Å². The zero-order chi connectivity index (χ0) is 12.6. The second-order valence-electron chi connectivity index (χ2n) is 5.39. The number of hydrogen-bond donors (Lipinski definition) is 0. The van der Waals surface area contributed by atoms with Gasteiger partial charge in [-0.2, -0.15) is 0 Å². The van der Waals surface area contributed by atoms with Gasteiger partial charge in [-0.3, -0.25) is 0 Å². The first-order valence-corrected chi connectivity index (χ1v) is 7.96. The van der Waals surface area contributed by atoms with Gasteiger partial charge >= 0.3 is 0 Å². The van der Waals surface area contributed by atoms with Crippen LogP contribution in [0.3, 0.4) is 0 Å². The normalized spacial score (nSPS) is 14.8. The molecule has 1 heterocycles. The van der Waals surface area contributed by atoms with Crippen LogP contribution in [0, 0.1) is 0 Å². The molecule has 0 aliphatic heterocycles. The Morgan fingerprint density at radius 2 is 1.76 bits per heavy atom. The van der Waals surface area contributed by atoms with Crippen molar-refractivity contribution in [3.8, 4) is 0 Å². The van der Waals surface area contributed by atoms with E-state index in [-0.39, 0.29) is 0 Å². The van der Waals surface area contributed by atoms with Crippen LogP contribution < -0.4 is 0 Å². The van der Waals surface area contributed by atoms with Crippen molar-refractivity contribution in [3.05, 3.63) is 17.1 Å². The summed E-state index contributed by atoms with van der Waals surface area (Å²) in [6.07, 6.45) is 12.8. The summed E-state index contributed by atoms with van der Waals surface area (Å²) in [6.45, 7) is 6.99. The molecule has 0 saturated carbocycles. The number of unbranched alkanes of at least 4 members (excludes halogenated alkanes) is 4. The van der Waals surface area contributed by atoms with Gasteiger partial charge in [0.25, 0.3) is 0 Å². The lowest BCUT2D eigenvalue weighted by molar-refractivity contribution is 0.369. The van der Waals surface area contributed by atoms with Crippen LogP contribution in [0.4, 0.5) is 0 Å². The third-order valence-electron chi connectivity index (χ3n) is 3.79. The Hall–Kier alpha value is -0.370. The zero-order valence-electron chi connectivity index (χ0n) is 11.7.